The maximum atomic E-state index is 12.5. The highest BCUT2D eigenvalue weighted by Gasteiger charge is 2.28. The first-order chi connectivity index (χ1) is 12.1. The molecule has 9 heteroatoms. The van der Waals surface area contributed by atoms with Crippen molar-refractivity contribution in [3.63, 3.8) is 0 Å². The minimum Gasteiger partial charge on any atom is -0.345 e. The molecule has 0 radical (unpaired) electrons. The van der Waals surface area contributed by atoms with Crippen LogP contribution in [0, 0.1) is 0 Å². The Morgan fingerprint density at radius 1 is 1.27 bits per heavy atom. The van der Waals surface area contributed by atoms with E-state index in [0.29, 0.717) is 32.7 Å². The van der Waals surface area contributed by atoms with Crippen LogP contribution in [-0.2, 0) is 6.54 Å². The Balaban J connectivity index is 2.13. The second-order valence-electron chi connectivity index (χ2n) is 5.96. The summed E-state index contributed by atoms with van der Waals surface area (Å²) in [6.07, 6.45) is -1.83. The van der Waals surface area contributed by atoms with E-state index in [1.807, 2.05) is 0 Å². The molecule has 26 heavy (non-hydrogen) atoms. The van der Waals surface area contributed by atoms with Gasteiger partial charge in [-0.05, 0) is 24.3 Å². The number of halogens is 4. The fourth-order valence-corrected chi connectivity index (χ4v) is 2.70. The molecular weight excluding hydrogens is 369 g/mol. The highest BCUT2D eigenvalue weighted by molar-refractivity contribution is 6.31. The number of pyridine rings is 1. The van der Waals surface area contributed by atoms with Crippen molar-refractivity contribution < 1.29 is 18.0 Å². The van der Waals surface area contributed by atoms with Crippen LogP contribution in [0.5, 0.6) is 0 Å². The van der Waals surface area contributed by atoms with Gasteiger partial charge < -0.3 is 4.90 Å². The molecule has 136 valence electrons. The molecule has 5 nitrogen and oxygen atoms in total. The molecule has 0 fully saturated rings. The van der Waals surface area contributed by atoms with Gasteiger partial charge in [-0.15, -0.1) is 0 Å². The summed E-state index contributed by atoms with van der Waals surface area (Å²) in [6, 6.07) is 6.47. The predicted molar refractivity (Wildman–Crippen MR) is 92.0 cm³/mol. The van der Waals surface area contributed by atoms with E-state index in [4.69, 9.17) is 11.6 Å². The molecule has 0 saturated heterocycles. The summed E-state index contributed by atoms with van der Waals surface area (Å²) in [4.78, 5) is 18.4. The molecule has 0 saturated carbocycles. The summed E-state index contributed by atoms with van der Waals surface area (Å²) in [7, 11) is 3.22. The van der Waals surface area contributed by atoms with Crippen LogP contribution in [0.4, 0.5) is 13.2 Å². The second-order valence-corrected chi connectivity index (χ2v) is 6.39. The van der Waals surface area contributed by atoms with Crippen molar-refractivity contribution in [2.24, 2.45) is 0 Å². The van der Waals surface area contributed by atoms with Crippen molar-refractivity contribution in [1.82, 2.24) is 19.7 Å². The monoisotopic (exact) mass is 382 g/mol. The summed E-state index contributed by atoms with van der Waals surface area (Å²) in [5.41, 5.74) is 1.62. The number of fused-ring (bicyclic) bond motifs is 1. The first-order valence-electron chi connectivity index (χ1n) is 7.55. The topological polar surface area (TPSA) is 51.0 Å². The fourth-order valence-electron chi connectivity index (χ4n) is 2.53. The number of alkyl halides is 3. The molecule has 0 bridgehead atoms. The summed E-state index contributed by atoms with van der Waals surface area (Å²) in [5, 5.41) is 4.75. The number of carbonyl (C=O) groups excluding carboxylic acids is 1. The van der Waals surface area contributed by atoms with Crippen molar-refractivity contribution in [1.29, 1.82) is 0 Å². The summed E-state index contributed by atoms with van der Waals surface area (Å²) in [5.74, 6) is -0.261. The van der Waals surface area contributed by atoms with Crippen LogP contribution in [0.15, 0.2) is 36.7 Å². The molecule has 1 amide bonds. The zero-order valence-electron chi connectivity index (χ0n) is 13.9. The van der Waals surface area contributed by atoms with Gasteiger partial charge in [0, 0.05) is 36.3 Å². The first kappa shape index (κ1) is 18.2. The Hall–Kier alpha value is -2.61. The first-order valence-corrected chi connectivity index (χ1v) is 7.93. The van der Waals surface area contributed by atoms with Crippen molar-refractivity contribution in [3.05, 3.63) is 47.2 Å². The smallest absolute Gasteiger partial charge is 0.345 e. The van der Waals surface area contributed by atoms with Crippen LogP contribution in [0.25, 0.3) is 22.2 Å². The number of hydrogen-bond acceptors (Lipinski definition) is 3. The lowest BCUT2D eigenvalue weighted by molar-refractivity contribution is -0.142. The van der Waals surface area contributed by atoms with Crippen molar-refractivity contribution in [3.8, 4) is 11.3 Å². The molecule has 0 aliphatic carbocycles. The average molecular weight is 383 g/mol. The summed E-state index contributed by atoms with van der Waals surface area (Å²) in [6.45, 7) is -1.19. The quantitative estimate of drug-likeness (QED) is 0.687. The van der Waals surface area contributed by atoms with Gasteiger partial charge in [-0.3, -0.25) is 9.48 Å². The van der Waals surface area contributed by atoms with Crippen molar-refractivity contribution in [2.45, 2.75) is 12.7 Å². The summed E-state index contributed by atoms with van der Waals surface area (Å²) >= 11 is 6.02. The minimum absolute atomic E-state index is 0.261. The lowest BCUT2D eigenvalue weighted by atomic mass is 10.0. The number of benzene rings is 1. The van der Waals surface area contributed by atoms with Gasteiger partial charge >= 0.3 is 6.18 Å². The van der Waals surface area contributed by atoms with Gasteiger partial charge in [0.2, 0.25) is 0 Å². The average Bonchev–Trinajstić information content (AvgIpc) is 2.99. The maximum Gasteiger partial charge on any atom is 0.408 e. The van der Waals surface area contributed by atoms with Crippen molar-refractivity contribution >= 4 is 28.4 Å². The molecule has 0 unspecified atom stereocenters. The van der Waals surface area contributed by atoms with Crippen LogP contribution in [0.1, 0.15) is 10.4 Å². The molecule has 1 aromatic carbocycles. The van der Waals surface area contributed by atoms with E-state index in [2.05, 4.69) is 10.1 Å². The third kappa shape index (κ3) is 3.80. The lowest BCUT2D eigenvalue weighted by Crippen LogP contribution is -2.22. The van der Waals surface area contributed by atoms with E-state index in [-0.39, 0.29) is 5.91 Å². The van der Waals surface area contributed by atoms with Crippen molar-refractivity contribution in [2.75, 3.05) is 14.1 Å². The number of aromatic nitrogens is 3. The second kappa shape index (κ2) is 6.60. The van der Waals surface area contributed by atoms with Gasteiger partial charge in [0.05, 0.1) is 23.0 Å². The number of hydrogen-bond donors (Lipinski definition) is 0. The maximum absolute atomic E-state index is 12.5. The van der Waals surface area contributed by atoms with Crippen LogP contribution in [0.3, 0.4) is 0 Å². The Labute approximate surface area is 152 Å². The van der Waals surface area contributed by atoms with Crippen LogP contribution in [-0.4, -0.2) is 45.8 Å². The zero-order chi connectivity index (χ0) is 19.1. The highest BCUT2D eigenvalue weighted by Crippen LogP contribution is 2.28. The molecule has 0 N–H and O–H groups in total. The molecule has 2 aromatic heterocycles. The highest BCUT2D eigenvalue weighted by atomic mass is 35.5. The van der Waals surface area contributed by atoms with E-state index in [0.717, 1.165) is 4.68 Å². The number of rotatable bonds is 3. The zero-order valence-corrected chi connectivity index (χ0v) is 14.6. The van der Waals surface area contributed by atoms with E-state index in [1.54, 1.807) is 32.3 Å². The van der Waals surface area contributed by atoms with Crippen LogP contribution in [0.2, 0.25) is 5.02 Å². The standard InChI is InChI=1S/C17H14ClF3N4O/c1-24(2)16(26)13-6-15(23-14-4-3-11(18)5-12(13)14)10-7-22-25(8-10)9-17(19,20)21/h3-8H,9H2,1-2H3. The number of nitrogens with zero attached hydrogens (tertiary/aromatic N) is 4. The Bertz CT molecular complexity index is 982. The molecule has 0 aliphatic rings. The normalized spacial score (nSPS) is 11.8. The molecule has 0 aliphatic heterocycles. The molecule has 3 rings (SSSR count). The van der Waals surface area contributed by atoms with Crippen LogP contribution < -0.4 is 0 Å². The van der Waals surface area contributed by atoms with Gasteiger partial charge in [0.25, 0.3) is 5.91 Å². The Morgan fingerprint density at radius 3 is 2.65 bits per heavy atom. The lowest BCUT2D eigenvalue weighted by Gasteiger charge is -2.13. The Kier molecular flexibility index (Phi) is 4.62. The van der Waals surface area contributed by atoms with Gasteiger partial charge in [0.1, 0.15) is 6.54 Å². The number of carbonyl (C=O) groups is 1. The van der Waals surface area contributed by atoms with Crippen LogP contribution >= 0.6 is 11.6 Å². The summed E-state index contributed by atoms with van der Waals surface area (Å²) < 4.78 is 38.3. The van der Waals surface area contributed by atoms with E-state index >= 15 is 0 Å². The third-order valence-electron chi connectivity index (χ3n) is 3.68. The predicted octanol–water partition coefficient (Wildman–Crippen LogP) is 4.02. The molecule has 2 heterocycles. The van der Waals surface area contributed by atoms with Gasteiger partial charge in [-0.1, -0.05) is 11.6 Å². The van der Waals surface area contributed by atoms with Gasteiger partial charge in [0.15, 0.2) is 0 Å². The minimum atomic E-state index is -4.37. The molecule has 0 spiro atoms. The molecular formula is C17H14ClF3N4O. The SMILES string of the molecule is CN(C)C(=O)c1cc(-c2cnn(CC(F)(F)F)c2)nc2ccc(Cl)cc12. The largest absolute Gasteiger partial charge is 0.408 e. The molecule has 0 atom stereocenters. The van der Waals surface area contributed by atoms with Gasteiger partial charge in [-0.25, -0.2) is 4.98 Å². The van der Waals surface area contributed by atoms with Gasteiger partial charge in [-0.2, -0.15) is 18.3 Å². The third-order valence-corrected chi connectivity index (χ3v) is 3.91. The molecule has 3 aromatic rings. The Morgan fingerprint density at radius 2 is 2.00 bits per heavy atom. The fraction of sp³-hybridized carbons (Fsp3) is 0.235. The van der Waals surface area contributed by atoms with E-state index in [9.17, 15) is 18.0 Å². The van der Waals surface area contributed by atoms with E-state index < -0.39 is 12.7 Å². The number of amides is 1. The van der Waals surface area contributed by atoms with E-state index in [1.165, 1.54) is 23.4 Å².